The Morgan fingerprint density at radius 1 is 1.35 bits per heavy atom. The second-order valence-electron chi connectivity index (χ2n) is 4.17. The van der Waals surface area contributed by atoms with Crippen molar-refractivity contribution < 1.29 is 4.74 Å². The topological polar surface area (TPSA) is 38.2 Å². The summed E-state index contributed by atoms with van der Waals surface area (Å²) >= 11 is 6.16. The van der Waals surface area contributed by atoms with Crippen molar-refractivity contribution in [3.05, 3.63) is 17.0 Å². The van der Waals surface area contributed by atoms with Crippen LogP contribution in [0, 0.1) is 0 Å². The number of ether oxygens (including phenoxy) is 1. The average molecular weight is 256 g/mol. The summed E-state index contributed by atoms with van der Waals surface area (Å²) in [6, 6.07) is 0. The molecule has 17 heavy (non-hydrogen) atoms. The van der Waals surface area contributed by atoms with Gasteiger partial charge in [-0.05, 0) is 12.8 Å². The zero-order chi connectivity index (χ0) is 12.1. The molecule has 94 valence electrons. The summed E-state index contributed by atoms with van der Waals surface area (Å²) in [7, 11) is 0. The summed E-state index contributed by atoms with van der Waals surface area (Å²) in [5.74, 6) is 0.984. The molecular formula is C12H18ClN3O. The van der Waals surface area contributed by atoms with Gasteiger partial charge in [-0.1, -0.05) is 24.9 Å². The third-order valence-corrected chi connectivity index (χ3v) is 3.22. The molecule has 5 heteroatoms. The number of halogens is 1. The molecule has 0 radical (unpaired) electrons. The molecule has 0 bridgehead atoms. The molecule has 1 saturated heterocycles. The van der Waals surface area contributed by atoms with Crippen LogP contribution in [-0.2, 0) is 11.2 Å². The summed E-state index contributed by atoms with van der Waals surface area (Å²) in [5, 5.41) is 0.585. The minimum Gasteiger partial charge on any atom is -0.380 e. The molecule has 2 heterocycles. The van der Waals surface area contributed by atoms with E-state index in [1.165, 1.54) is 0 Å². The van der Waals surface area contributed by atoms with Crippen molar-refractivity contribution in [2.45, 2.75) is 26.2 Å². The molecular weight excluding hydrogens is 238 g/mol. The van der Waals surface area contributed by atoms with Crippen LogP contribution in [0.25, 0.3) is 0 Å². The number of hydrogen-bond acceptors (Lipinski definition) is 4. The normalized spacial score (nSPS) is 16.9. The van der Waals surface area contributed by atoms with Gasteiger partial charge < -0.3 is 9.64 Å². The second kappa shape index (κ2) is 6.17. The molecule has 0 amide bonds. The van der Waals surface area contributed by atoms with Crippen molar-refractivity contribution in [3.63, 3.8) is 0 Å². The molecule has 1 fully saturated rings. The van der Waals surface area contributed by atoms with Gasteiger partial charge in [-0.2, -0.15) is 0 Å². The average Bonchev–Trinajstić information content (AvgIpc) is 2.60. The van der Waals surface area contributed by atoms with E-state index in [-0.39, 0.29) is 0 Å². The Kier molecular flexibility index (Phi) is 4.57. The van der Waals surface area contributed by atoms with Crippen LogP contribution >= 0.6 is 11.6 Å². The van der Waals surface area contributed by atoms with Crippen LogP contribution in [0.5, 0.6) is 0 Å². The standard InChI is InChI=1S/C12H18ClN3O/c1-2-4-10-11(13)14-9-15-12(10)16-5-3-7-17-8-6-16/h9H,2-8H2,1H3. The third-order valence-electron chi connectivity index (χ3n) is 2.89. The highest BCUT2D eigenvalue weighted by Crippen LogP contribution is 2.25. The molecule has 2 rings (SSSR count). The highest BCUT2D eigenvalue weighted by molar-refractivity contribution is 6.30. The van der Waals surface area contributed by atoms with Crippen molar-refractivity contribution in [1.29, 1.82) is 0 Å². The number of rotatable bonds is 3. The largest absolute Gasteiger partial charge is 0.380 e. The zero-order valence-electron chi connectivity index (χ0n) is 10.2. The van der Waals surface area contributed by atoms with Crippen LogP contribution in [0.1, 0.15) is 25.3 Å². The van der Waals surface area contributed by atoms with E-state index in [1.54, 1.807) is 6.33 Å². The monoisotopic (exact) mass is 255 g/mol. The van der Waals surface area contributed by atoms with E-state index in [9.17, 15) is 0 Å². The third kappa shape index (κ3) is 3.07. The molecule has 1 aliphatic heterocycles. The Bertz CT molecular complexity index is 365. The smallest absolute Gasteiger partial charge is 0.137 e. The highest BCUT2D eigenvalue weighted by Gasteiger charge is 2.17. The molecule has 4 nitrogen and oxygen atoms in total. The summed E-state index contributed by atoms with van der Waals surface area (Å²) in [6.07, 6.45) is 4.55. The van der Waals surface area contributed by atoms with E-state index in [0.717, 1.165) is 56.9 Å². The van der Waals surface area contributed by atoms with Crippen molar-refractivity contribution in [1.82, 2.24) is 9.97 Å². The fourth-order valence-electron chi connectivity index (χ4n) is 2.08. The van der Waals surface area contributed by atoms with Gasteiger partial charge in [0, 0.05) is 25.3 Å². The van der Waals surface area contributed by atoms with Crippen LogP contribution in [0.3, 0.4) is 0 Å². The predicted octanol–water partition coefficient (Wildman–Crippen LogP) is 2.31. The molecule has 0 aromatic carbocycles. The number of aromatic nitrogens is 2. The first-order valence-electron chi connectivity index (χ1n) is 6.15. The van der Waals surface area contributed by atoms with Crippen LogP contribution in [0.15, 0.2) is 6.33 Å². The minimum absolute atomic E-state index is 0.585. The van der Waals surface area contributed by atoms with Gasteiger partial charge in [-0.3, -0.25) is 0 Å². The second-order valence-corrected chi connectivity index (χ2v) is 4.53. The van der Waals surface area contributed by atoms with Crippen molar-refractivity contribution in [2.24, 2.45) is 0 Å². The van der Waals surface area contributed by atoms with Crippen molar-refractivity contribution in [2.75, 3.05) is 31.2 Å². The summed E-state index contributed by atoms with van der Waals surface area (Å²) in [6.45, 7) is 5.58. The molecule has 0 N–H and O–H groups in total. The lowest BCUT2D eigenvalue weighted by Gasteiger charge is -2.23. The van der Waals surface area contributed by atoms with Gasteiger partial charge in [0.2, 0.25) is 0 Å². The first-order chi connectivity index (χ1) is 8.33. The molecule has 0 atom stereocenters. The van der Waals surface area contributed by atoms with E-state index in [1.807, 2.05) is 0 Å². The highest BCUT2D eigenvalue weighted by atomic mass is 35.5. The molecule has 1 aromatic rings. The van der Waals surface area contributed by atoms with Gasteiger partial charge in [0.15, 0.2) is 0 Å². The Morgan fingerprint density at radius 2 is 2.24 bits per heavy atom. The van der Waals surface area contributed by atoms with Crippen LogP contribution < -0.4 is 4.90 Å². The van der Waals surface area contributed by atoms with Crippen LogP contribution in [0.2, 0.25) is 5.15 Å². The van der Waals surface area contributed by atoms with Crippen molar-refractivity contribution >= 4 is 17.4 Å². The van der Waals surface area contributed by atoms with Gasteiger partial charge in [0.05, 0.1) is 6.61 Å². The van der Waals surface area contributed by atoms with E-state index in [0.29, 0.717) is 5.15 Å². The first kappa shape index (κ1) is 12.6. The molecule has 0 saturated carbocycles. The fraction of sp³-hybridized carbons (Fsp3) is 0.667. The van der Waals surface area contributed by atoms with Crippen molar-refractivity contribution in [3.8, 4) is 0 Å². The quantitative estimate of drug-likeness (QED) is 0.777. The Morgan fingerprint density at radius 3 is 3.06 bits per heavy atom. The van der Waals surface area contributed by atoms with E-state index < -0.39 is 0 Å². The molecule has 0 spiro atoms. The lowest BCUT2D eigenvalue weighted by Crippen LogP contribution is -2.28. The summed E-state index contributed by atoms with van der Waals surface area (Å²) in [4.78, 5) is 10.7. The SMILES string of the molecule is CCCc1c(Cl)ncnc1N1CCCOCC1. The number of nitrogens with zero attached hydrogens (tertiary/aromatic N) is 3. The number of anilines is 1. The summed E-state index contributed by atoms with van der Waals surface area (Å²) in [5.41, 5.74) is 1.07. The summed E-state index contributed by atoms with van der Waals surface area (Å²) < 4.78 is 5.46. The molecule has 0 aliphatic carbocycles. The van der Waals surface area contributed by atoms with E-state index in [4.69, 9.17) is 16.3 Å². The van der Waals surface area contributed by atoms with E-state index >= 15 is 0 Å². The maximum absolute atomic E-state index is 6.16. The van der Waals surface area contributed by atoms with Gasteiger partial charge in [-0.15, -0.1) is 0 Å². The Labute approximate surface area is 107 Å². The predicted molar refractivity (Wildman–Crippen MR) is 68.7 cm³/mol. The molecule has 1 aliphatic rings. The maximum atomic E-state index is 6.16. The van der Waals surface area contributed by atoms with E-state index in [2.05, 4.69) is 21.8 Å². The number of hydrogen-bond donors (Lipinski definition) is 0. The van der Waals surface area contributed by atoms with Gasteiger partial charge in [-0.25, -0.2) is 9.97 Å². The molecule has 1 aromatic heterocycles. The maximum Gasteiger partial charge on any atom is 0.137 e. The lowest BCUT2D eigenvalue weighted by molar-refractivity contribution is 0.152. The van der Waals surface area contributed by atoms with Gasteiger partial charge in [0.25, 0.3) is 0 Å². The minimum atomic E-state index is 0.585. The molecule has 0 unspecified atom stereocenters. The van der Waals surface area contributed by atoms with Crippen LogP contribution in [0.4, 0.5) is 5.82 Å². The zero-order valence-corrected chi connectivity index (χ0v) is 10.9. The van der Waals surface area contributed by atoms with Crippen LogP contribution in [-0.4, -0.2) is 36.3 Å². The lowest BCUT2D eigenvalue weighted by atomic mass is 10.1. The Balaban J connectivity index is 2.25. The fourth-order valence-corrected chi connectivity index (χ4v) is 2.30. The van der Waals surface area contributed by atoms with Gasteiger partial charge in [0.1, 0.15) is 17.3 Å². The Hall–Kier alpha value is -0.870. The first-order valence-corrected chi connectivity index (χ1v) is 6.52. The van der Waals surface area contributed by atoms with Gasteiger partial charge >= 0.3 is 0 Å².